The number of hydrogen-bond acceptors (Lipinski definition) is 4. The van der Waals surface area contributed by atoms with Crippen LogP contribution in [0.1, 0.15) is 36.0 Å². The molecule has 0 radical (unpaired) electrons. The molecule has 1 aromatic carbocycles. The largest absolute Gasteiger partial charge is 0.480 e. The van der Waals surface area contributed by atoms with Crippen molar-refractivity contribution >= 4 is 33.5 Å². The lowest BCUT2D eigenvalue weighted by Crippen LogP contribution is -2.52. The molecule has 0 spiro atoms. The summed E-state index contributed by atoms with van der Waals surface area (Å²) in [5, 5.41) is 22.6. The van der Waals surface area contributed by atoms with Gasteiger partial charge >= 0.3 is 5.97 Å². The summed E-state index contributed by atoms with van der Waals surface area (Å²) in [6.07, 6.45) is 2.19. The van der Waals surface area contributed by atoms with E-state index in [9.17, 15) is 24.8 Å². The van der Waals surface area contributed by atoms with Crippen LogP contribution in [0.15, 0.2) is 22.7 Å². The predicted molar refractivity (Wildman–Crippen MR) is 77.1 cm³/mol. The molecule has 0 aromatic heterocycles. The summed E-state index contributed by atoms with van der Waals surface area (Å²) in [6, 6.07) is 3.83. The maximum atomic E-state index is 12.2. The van der Waals surface area contributed by atoms with Crippen LogP contribution in [0.5, 0.6) is 0 Å². The van der Waals surface area contributed by atoms with E-state index in [4.69, 9.17) is 0 Å². The fourth-order valence-electron chi connectivity index (χ4n) is 2.47. The standard InChI is InChI=1S/C13H13BrN2O5/c14-9-5-8(6-10(7-9)16(20)21)11(17)15-13(12(18)19)3-1-2-4-13/h5-7H,1-4H2,(H,15,17)(H,18,19). The van der Waals surface area contributed by atoms with Crippen LogP contribution in [0.25, 0.3) is 0 Å². The van der Waals surface area contributed by atoms with Gasteiger partial charge in [-0.25, -0.2) is 4.79 Å². The van der Waals surface area contributed by atoms with Gasteiger partial charge in [0.05, 0.1) is 4.92 Å². The van der Waals surface area contributed by atoms with E-state index in [2.05, 4.69) is 21.2 Å². The minimum atomic E-state index is -1.27. The average molecular weight is 357 g/mol. The molecule has 7 nitrogen and oxygen atoms in total. The molecule has 0 aliphatic heterocycles. The molecule has 2 rings (SSSR count). The predicted octanol–water partition coefficient (Wildman–Crippen LogP) is 2.48. The van der Waals surface area contributed by atoms with E-state index >= 15 is 0 Å². The van der Waals surface area contributed by atoms with Crippen molar-refractivity contribution < 1.29 is 19.6 Å². The van der Waals surface area contributed by atoms with Gasteiger partial charge in [-0.3, -0.25) is 14.9 Å². The highest BCUT2D eigenvalue weighted by atomic mass is 79.9. The van der Waals surface area contributed by atoms with Gasteiger partial charge in [0.2, 0.25) is 0 Å². The molecular weight excluding hydrogens is 344 g/mol. The molecule has 21 heavy (non-hydrogen) atoms. The smallest absolute Gasteiger partial charge is 0.329 e. The fraction of sp³-hybridized carbons (Fsp3) is 0.385. The third-order valence-corrected chi connectivity index (χ3v) is 4.03. The number of benzene rings is 1. The van der Waals surface area contributed by atoms with E-state index in [1.807, 2.05) is 0 Å². The van der Waals surface area contributed by atoms with Crippen LogP contribution in [0.4, 0.5) is 5.69 Å². The third-order valence-electron chi connectivity index (χ3n) is 3.57. The first-order valence-electron chi connectivity index (χ1n) is 6.35. The SMILES string of the molecule is O=C(NC1(C(=O)O)CCCC1)c1cc(Br)cc([N+](=O)[O-])c1. The summed E-state index contributed by atoms with van der Waals surface area (Å²) in [4.78, 5) is 33.8. The number of aliphatic carboxylic acids is 1. The average Bonchev–Trinajstić information content (AvgIpc) is 2.87. The van der Waals surface area contributed by atoms with Gasteiger partial charge in [-0.2, -0.15) is 0 Å². The quantitative estimate of drug-likeness (QED) is 0.636. The highest BCUT2D eigenvalue weighted by Gasteiger charge is 2.42. The van der Waals surface area contributed by atoms with Crippen LogP contribution < -0.4 is 5.32 Å². The lowest BCUT2D eigenvalue weighted by molar-refractivity contribution is -0.385. The first-order chi connectivity index (χ1) is 9.84. The van der Waals surface area contributed by atoms with E-state index in [1.54, 1.807) is 0 Å². The number of nitro benzene ring substituents is 1. The number of carbonyl (C=O) groups is 2. The normalized spacial score (nSPS) is 16.4. The summed E-state index contributed by atoms with van der Waals surface area (Å²) in [7, 11) is 0. The molecule has 0 atom stereocenters. The number of carboxylic acids is 1. The third kappa shape index (κ3) is 3.21. The highest BCUT2D eigenvalue weighted by molar-refractivity contribution is 9.10. The molecule has 1 saturated carbocycles. The van der Waals surface area contributed by atoms with Crippen LogP contribution in [0.3, 0.4) is 0 Å². The Morgan fingerprint density at radius 3 is 2.43 bits per heavy atom. The molecule has 1 aromatic rings. The summed E-state index contributed by atoms with van der Waals surface area (Å²) >= 11 is 3.10. The zero-order valence-electron chi connectivity index (χ0n) is 11.0. The number of hydrogen-bond donors (Lipinski definition) is 2. The summed E-state index contributed by atoms with van der Waals surface area (Å²) in [5.41, 5.74) is -1.44. The number of carboxylic acid groups (broad SMARTS) is 1. The van der Waals surface area contributed by atoms with Crippen molar-refractivity contribution in [2.24, 2.45) is 0 Å². The molecule has 0 heterocycles. The van der Waals surface area contributed by atoms with E-state index in [1.165, 1.54) is 12.1 Å². The lowest BCUT2D eigenvalue weighted by Gasteiger charge is -2.25. The zero-order chi connectivity index (χ0) is 15.6. The van der Waals surface area contributed by atoms with Crippen molar-refractivity contribution in [2.75, 3.05) is 0 Å². The molecule has 8 heteroatoms. The van der Waals surface area contributed by atoms with E-state index in [0.29, 0.717) is 17.3 Å². The first-order valence-corrected chi connectivity index (χ1v) is 7.14. The maximum absolute atomic E-state index is 12.2. The minimum absolute atomic E-state index is 0.0589. The number of nitrogens with one attached hydrogen (secondary N) is 1. The van der Waals surface area contributed by atoms with Crippen molar-refractivity contribution in [3.8, 4) is 0 Å². The monoisotopic (exact) mass is 356 g/mol. The minimum Gasteiger partial charge on any atom is -0.480 e. The Balaban J connectivity index is 2.28. The number of rotatable bonds is 4. The van der Waals surface area contributed by atoms with Crippen molar-refractivity contribution in [1.29, 1.82) is 0 Å². The Kier molecular flexibility index (Phi) is 4.26. The highest BCUT2D eigenvalue weighted by Crippen LogP contribution is 2.30. The van der Waals surface area contributed by atoms with Gasteiger partial charge in [0.25, 0.3) is 11.6 Å². The second kappa shape index (κ2) is 5.80. The number of nitro groups is 1. The van der Waals surface area contributed by atoms with Crippen molar-refractivity contribution in [1.82, 2.24) is 5.32 Å². The molecule has 1 aliphatic carbocycles. The van der Waals surface area contributed by atoms with Gasteiger partial charge < -0.3 is 10.4 Å². The van der Waals surface area contributed by atoms with Crippen molar-refractivity contribution in [3.05, 3.63) is 38.3 Å². The van der Waals surface area contributed by atoms with E-state index < -0.39 is 22.3 Å². The molecule has 2 N–H and O–H groups in total. The molecule has 0 unspecified atom stereocenters. The van der Waals surface area contributed by atoms with Crippen molar-refractivity contribution in [2.45, 2.75) is 31.2 Å². The summed E-state index contributed by atoms with van der Waals surface area (Å²) in [6.45, 7) is 0. The van der Waals surface area contributed by atoms with E-state index in [-0.39, 0.29) is 11.3 Å². The first kappa shape index (κ1) is 15.4. The van der Waals surface area contributed by atoms with Crippen LogP contribution >= 0.6 is 15.9 Å². The molecule has 0 saturated heterocycles. The number of carbonyl (C=O) groups excluding carboxylic acids is 1. The fourth-order valence-corrected chi connectivity index (χ4v) is 2.95. The maximum Gasteiger partial charge on any atom is 0.329 e. The van der Waals surface area contributed by atoms with Gasteiger partial charge in [0, 0.05) is 22.2 Å². The molecule has 1 amide bonds. The summed E-state index contributed by atoms with van der Waals surface area (Å²) < 4.78 is 0.387. The molecule has 0 bridgehead atoms. The Bertz CT molecular complexity index is 611. The van der Waals surface area contributed by atoms with Crippen molar-refractivity contribution in [3.63, 3.8) is 0 Å². The van der Waals surface area contributed by atoms with Crippen LogP contribution in [0.2, 0.25) is 0 Å². The number of amides is 1. The van der Waals surface area contributed by atoms with Gasteiger partial charge in [-0.15, -0.1) is 0 Å². The van der Waals surface area contributed by atoms with Gasteiger partial charge in [-0.1, -0.05) is 28.8 Å². The lowest BCUT2D eigenvalue weighted by atomic mass is 9.97. The molecule has 112 valence electrons. The molecule has 1 fully saturated rings. The van der Waals surface area contributed by atoms with Gasteiger partial charge in [0.15, 0.2) is 0 Å². The topological polar surface area (TPSA) is 110 Å². The Labute approximate surface area is 128 Å². The van der Waals surface area contributed by atoms with Crippen LogP contribution in [-0.2, 0) is 4.79 Å². The second-order valence-electron chi connectivity index (χ2n) is 5.00. The molecule has 1 aliphatic rings. The second-order valence-corrected chi connectivity index (χ2v) is 5.92. The van der Waals surface area contributed by atoms with Crippen LogP contribution in [0, 0.1) is 10.1 Å². The van der Waals surface area contributed by atoms with Gasteiger partial charge in [-0.05, 0) is 18.9 Å². The zero-order valence-corrected chi connectivity index (χ0v) is 12.6. The number of halogens is 1. The number of nitrogens with zero attached hydrogens (tertiary/aromatic N) is 1. The summed E-state index contributed by atoms with van der Waals surface area (Å²) in [5.74, 6) is -1.69. The van der Waals surface area contributed by atoms with E-state index in [0.717, 1.165) is 18.9 Å². The molecular formula is C13H13BrN2O5. The Morgan fingerprint density at radius 2 is 1.90 bits per heavy atom. The van der Waals surface area contributed by atoms with Gasteiger partial charge in [0.1, 0.15) is 5.54 Å². The number of non-ortho nitro benzene ring substituents is 1. The van der Waals surface area contributed by atoms with Crippen LogP contribution in [-0.4, -0.2) is 27.4 Å². The Morgan fingerprint density at radius 1 is 1.29 bits per heavy atom. The Hall–Kier alpha value is -1.96.